The van der Waals surface area contributed by atoms with Crippen molar-refractivity contribution >= 4 is 23.2 Å². The number of piperazine rings is 1. The molecular weight excluding hydrogens is 303 g/mol. The minimum Gasteiger partial charge on any atom is -0.311 e. The summed E-state index contributed by atoms with van der Waals surface area (Å²) >= 11 is 12.6. The molecule has 21 heavy (non-hydrogen) atoms. The summed E-state index contributed by atoms with van der Waals surface area (Å²) in [5.74, 6) is 0. The van der Waals surface area contributed by atoms with Crippen LogP contribution in [0.5, 0.6) is 0 Å². The van der Waals surface area contributed by atoms with E-state index in [9.17, 15) is 0 Å². The molecule has 0 aromatic heterocycles. The average Bonchev–Trinajstić information content (AvgIpc) is 2.49. The molecule has 1 atom stereocenters. The molecule has 3 rings (SSSR count). The first-order chi connectivity index (χ1) is 10.1. The van der Waals surface area contributed by atoms with Crippen LogP contribution in [0, 0.1) is 0 Å². The first-order valence-corrected chi connectivity index (χ1v) is 8.78. The first kappa shape index (κ1) is 15.6. The molecule has 0 radical (unpaired) electrons. The maximum atomic E-state index is 6.40. The molecular formula is C17H24Cl2N2. The molecule has 2 aliphatic rings. The van der Waals surface area contributed by atoms with Crippen LogP contribution in [0.1, 0.15) is 44.6 Å². The fourth-order valence-electron chi connectivity index (χ4n) is 3.88. The number of halogens is 2. The molecule has 1 aromatic rings. The van der Waals surface area contributed by atoms with Gasteiger partial charge in [-0.1, -0.05) is 54.6 Å². The average molecular weight is 327 g/mol. The molecule has 1 N–H and O–H groups in total. The normalized spacial score (nSPS) is 26.1. The molecule has 2 fully saturated rings. The molecule has 1 unspecified atom stereocenters. The van der Waals surface area contributed by atoms with Crippen molar-refractivity contribution in [1.29, 1.82) is 0 Å². The Bertz CT molecular complexity index is 498. The van der Waals surface area contributed by atoms with Gasteiger partial charge in [-0.3, -0.25) is 4.90 Å². The summed E-state index contributed by atoms with van der Waals surface area (Å²) in [6, 6.07) is 6.51. The van der Waals surface area contributed by atoms with Crippen LogP contribution in [0.3, 0.4) is 0 Å². The first-order valence-electron chi connectivity index (χ1n) is 8.02. The number of hydrogen-bond acceptors (Lipinski definition) is 2. The third kappa shape index (κ3) is 3.24. The molecule has 1 saturated heterocycles. The third-order valence-corrected chi connectivity index (χ3v) is 5.98. The third-order valence-electron chi connectivity index (χ3n) is 5.12. The Labute approximate surface area is 137 Å². The van der Waals surface area contributed by atoms with E-state index in [4.69, 9.17) is 23.2 Å². The Morgan fingerprint density at radius 2 is 2.00 bits per heavy atom. The van der Waals surface area contributed by atoms with Gasteiger partial charge in [-0.05, 0) is 31.4 Å². The summed E-state index contributed by atoms with van der Waals surface area (Å²) in [5, 5.41) is 5.06. The smallest absolute Gasteiger partial charge is 0.0637 e. The maximum Gasteiger partial charge on any atom is 0.0637 e. The van der Waals surface area contributed by atoms with Gasteiger partial charge in [-0.15, -0.1) is 0 Å². The van der Waals surface area contributed by atoms with Crippen LogP contribution >= 0.6 is 23.2 Å². The largest absolute Gasteiger partial charge is 0.311 e. The van der Waals surface area contributed by atoms with Crippen molar-refractivity contribution in [1.82, 2.24) is 10.2 Å². The van der Waals surface area contributed by atoms with Gasteiger partial charge in [0.2, 0.25) is 0 Å². The zero-order chi connectivity index (χ0) is 14.9. The number of rotatable bonds is 2. The zero-order valence-electron chi connectivity index (χ0n) is 12.7. The van der Waals surface area contributed by atoms with Gasteiger partial charge < -0.3 is 5.32 Å². The van der Waals surface area contributed by atoms with Gasteiger partial charge >= 0.3 is 0 Å². The minimum atomic E-state index is 0.316. The van der Waals surface area contributed by atoms with Crippen molar-refractivity contribution in [2.75, 3.05) is 13.1 Å². The summed E-state index contributed by atoms with van der Waals surface area (Å²) in [4.78, 5) is 2.66. The Morgan fingerprint density at radius 3 is 2.76 bits per heavy atom. The van der Waals surface area contributed by atoms with Crippen LogP contribution in [0.2, 0.25) is 10.0 Å². The van der Waals surface area contributed by atoms with E-state index in [1.807, 2.05) is 12.1 Å². The van der Waals surface area contributed by atoms with Crippen molar-refractivity contribution < 1.29 is 0 Å². The SMILES string of the molecule is CC1CN(Cc2cccc(Cl)c2Cl)C2(CCCCC2)CN1. The highest BCUT2D eigenvalue weighted by atomic mass is 35.5. The molecule has 0 bridgehead atoms. The minimum absolute atomic E-state index is 0.316. The van der Waals surface area contributed by atoms with Crippen LogP contribution in [0.15, 0.2) is 18.2 Å². The fourth-order valence-corrected chi connectivity index (χ4v) is 4.26. The number of benzene rings is 1. The summed E-state index contributed by atoms with van der Waals surface area (Å²) < 4.78 is 0. The second kappa shape index (κ2) is 6.45. The Balaban J connectivity index is 1.84. The summed E-state index contributed by atoms with van der Waals surface area (Å²) in [5.41, 5.74) is 1.47. The Morgan fingerprint density at radius 1 is 1.24 bits per heavy atom. The second-order valence-electron chi connectivity index (χ2n) is 6.66. The van der Waals surface area contributed by atoms with Gasteiger partial charge in [0.1, 0.15) is 0 Å². The topological polar surface area (TPSA) is 15.3 Å². The van der Waals surface area contributed by atoms with E-state index in [1.54, 1.807) is 0 Å². The molecule has 1 aliphatic heterocycles. The van der Waals surface area contributed by atoms with E-state index in [2.05, 4.69) is 23.2 Å². The predicted octanol–water partition coefficient (Wildman–Crippen LogP) is 4.49. The van der Waals surface area contributed by atoms with Crippen molar-refractivity contribution in [3.05, 3.63) is 33.8 Å². The van der Waals surface area contributed by atoms with Gasteiger partial charge in [0.05, 0.1) is 10.0 Å². The predicted molar refractivity (Wildman–Crippen MR) is 90.2 cm³/mol. The molecule has 0 amide bonds. The quantitative estimate of drug-likeness (QED) is 0.861. The van der Waals surface area contributed by atoms with E-state index in [0.717, 1.165) is 30.2 Å². The van der Waals surface area contributed by atoms with Crippen LogP contribution in [0.25, 0.3) is 0 Å². The molecule has 1 heterocycles. The highest BCUT2D eigenvalue weighted by Crippen LogP contribution is 2.37. The summed E-state index contributed by atoms with van der Waals surface area (Å²) in [7, 11) is 0. The lowest BCUT2D eigenvalue weighted by molar-refractivity contribution is 0.00620. The number of hydrogen-bond donors (Lipinski definition) is 1. The molecule has 1 saturated carbocycles. The highest BCUT2D eigenvalue weighted by Gasteiger charge is 2.41. The van der Waals surface area contributed by atoms with Gasteiger partial charge in [-0.25, -0.2) is 0 Å². The van der Waals surface area contributed by atoms with Gasteiger partial charge in [0.15, 0.2) is 0 Å². The molecule has 1 spiro atoms. The molecule has 4 heteroatoms. The van der Waals surface area contributed by atoms with Crippen molar-refractivity contribution in [3.63, 3.8) is 0 Å². The van der Waals surface area contributed by atoms with Gasteiger partial charge in [-0.2, -0.15) is 0 Å². The monoisotopic (exact) mass is 326 g/mol. The van der Waals surface area contributed by atoms with Gasteiger partial charge in [0.25, 0.3) is 0 Å². The zero-order valence-corrected chi connectivity index (χ0v) is 14.2. The lowest BCUT2D eigenvalue weighted by atomic mass is 9.78. The van der Waals surface area contributed by atoms with Crippen molar-refractivity contribution in [2.45, 2.75) is 57.2 Å². The molecule has 1 aromatic carbocycles. The van der Waals surface area contributed by atoms with E-state index in [0.29, 0.717) is 16.6 Å². The Kier molecular flexibility index (Phi) is 4.80. The Hall–Kier alpha value is -0.280. The second-order valence-corrected chi connectivity index (χ2v) is 7.45. The van der Waals surface area contributed by atoms with Crippen LogP contribution in [-0.2, 0) is 6.54 Å². The molecule has 2 nitrogen and oxygen atoms in total. The van der Waals surface area contributed by atoms with E-state index in [-0.39, 0.29) is 0 Å². The number of nitrogens with zero attached hydrogens (tertiary/aromatic N) is 1. The van der Waals surface area contributed by atoms with Crippen molar-refractivity contribution in [2.24, 2.45) is 0 Å². The van der Waals surface area contributed by atoms with E-state index >= 15 is 0 Å². The maximum absolute atomic E-state index is 6.40. The standard InChI is InChI=1S/C17H24Cl2N2/c1-13-10-21(11-14-6-5-7-15(18)16(14)19)17(12-20-13)8-3-2-4-9-17/h5-7,13,20H,2-4,8-12H2,1H3. The van der Waals surface area contributed by atoms with Crippen LogP contribution in [-0.4, -0.2) is 29.6 Å². The fraction of sp³-hybridized carbons (Fsp3) is 0.647. The van der Waals surface area contributed by atoms with E-state index < -0.39 is 0 Å². The van der Waals surface area contributed by atoms with Gasteiger partial charge in [0, 0.05) is 31.2 Å². The molecule has 1 aliphatic carbocycles. The van der Waals surface area contributed by atoms with Crippen molar-refractivity contribution in [3.8, 4) is 0 Å². The van der Waals surface area contributed by atoms with E-state index in [1.165, 1.54) is 32.1 Å². The van der Waals surface area contributed by atoms with Crippen LogP contribution in [0.4, 0.5) is 0 Å². The summed E-state index contributed by atoms with van der Waals surface area (Å²) in [6.07, 6.45) is 6.66. The number of nitrogens with one attached hydrogen (secondary N) is 1. The lowest BCUT2D eigenvalue weighted by Crippen LogP contribution is -2.64. The summed E-state index contributed by atoms with van der Waals surface area (Å²) in [6.45, 7) is 5.36. The molecule has 116 valence electrons. The highest BCUT2D eigenvalue weighted by molar-refractivity contribution is 6.42. The lowest BCUT2D eigenvalue weighted by Gasteiger charge is -2.51. The van der Waals surface area contributed by atoms with Crippen LogP contribution < -0.4 is 5.32 Å².